The normalized spacial score (nSPS) is 18.2. The van der Waals surface area contributed by atoms with Crippen LogP contribution in [0.1, 0.15) is 37.8 Å². The van der Waals surface area contributed by atoms with E-state index in [1.807, 2.05) is 4.90 Å². The molecule has 0 bridgehead atoms. The highest BCUT2D eigenvalue weighted by Gasteiger charge is 2.21. The number of aryl methyl sites for hydroxylation is 1. The van der Waals surface area contributed by atoms with E-state index in [-0.39, 0.29) is 29.9 Å². The lowest BCUT2D eigenvalue weighted by Gasteiger charge is -2.36. The van der Waals surface area contributed by atoms with Crippen LogP contribution in [0.3, 0.4) is 0 Å². The molecule has 1 aromatic heterocycles. The average molecular weight is 461 g/mol. The molecule has 140 valence electrons. The summed E-state index contributed by atoms with van der Waals surface area (Å²) in [6.45, 7) is 6.36. The van der Waals surface area contributed by atoms with Gasteiger partial charge in [0, 0.05) is 53.1 Å². The van der Waals surface area contributed by atoms with Crippen LogP contribution in [-0.2, 0) is 24.3 Å². The van der Waals surface area contributed by atoms with Crippen molar-refractivity contribution in [1.82, 2.24) is 29.9 Å². The number of guanidine groups is 1. The molecule has 0 unspecified atom stereocenters. The summed E-state index contributed by atoms with van der Waals surface area (Å²) < 4.78 is 2.25. The van der Waals surface area contributed by atoms with Gasteiger partial charge in [-0.2, -0.15) is 0 Å². The van der Waals surface area contributed by atoms with Crippen molar-refractivity contribution in [2.75, 3.05) is 33.2 Å². The van der Waals surface area contributed by atoms with Crippen LogP contribution >= 0.6 is 24.0 Å². The molecule has 1 saturated heterocycles. The molecule has 0 aromatic carbocycles. The first-order valence-corrected chi connectivity index (χ1v) is 8.81. The number of piperazine rings is 1. The van der Waals surface area contributed by atoms with E-state index < -0.39 is 0 Å². The molecule has 2 aliphatic heterocycles. The average Bonchev–Trinajstić information content (AvgIpc) is 2.83. The molecule has 1 fully saturated rings. The summed E-state index contributed by atoms with van der Waals surface area (Å²) in [7, 11) is 1.80. The summed E-state index contributed by atoms with van der Waals surface area (Å²) in [6, 6.07) is 0. The molecule has 25 heavy (non-hydrogen) atoms. The lowest BCUT2D eigenvalue weighted by atomic mass is 10.2. The number of nitrogens with zero attached hydrogens (tertiary/aromatic N) is 6. The van der Waals surface area contributed by atoms with Gasteiger partial charge in [-0.25, -0.2) is 0 Å². The minimum absolute atomic E-state index is 0. The summed E-state index contributed by atoms with van der Waals surface area (Å²) in [5.41, 5.74) is 0. The second-order valence-electron chi connectivity index (χ2n) is 6.39. The molecule has 0 saturated carbocycles. The summed E-state index contributed by atoms with van der Waals surface area (Å²) in [5, 5.41) is 12.1. The maximum absolute atomic E-state index is 11.4. The van der Waals surface area contributed by atoms with Crippen molar-refractivity contribution in [3.63, 3.8) is 0 Å². The van der Waals surface area contributed by atoms with E-state index in [0.717, 1.165) is 56.8 Å². The van der Waals surface area contributed by atoms with E-state index in [1.165, 1.54) is 19.3 Å². The monoisotopic (exact) mass is 461 g/mol. The number of hydrogen-bond donors (Lipinski definition) is 1. The number of nitrogens with one attached hydrogen (secondary N) is 1. The standard InChI is InChI=1S/C16H27N7O.HI/c1-13(24)21-8-10-22(11-9-21)16(17-2)18-12-15-20-19-14-6-4-3-5-7-23(14)15;/h3-12H2,1-2H3,(H,17,18);1H. The van der Waals surface area contributed by atoms with Crippen LogP contribution in [-0.4, -0.2) is 69.7 Å². The number of halogens is 1. The first-order valence-electron chi connectivity index (χ1n) is 8.81. The number of carbonyl (C=O) groups excluding carboxylic acids is 1. The highest BCUT2D eigenvalue weighted by Crippen LogP contribution is 2.14. The van der Waals surface area contributed by atoms with Crippen molar-refractivity contribution in [2.45, 2.75) is 45.7 Å². The van der Waals surface area contributed by atoms with Crippen molar-refractivity contribution in [3.05, 3.63) is 11.6 Å². The van der Waals surface area contributed by atoms with Gasteiger partial charge < -0.3 is 19.7 Å². The second-order valence-corrected chi connectivity index (χ2v) is 6.39. The van der Waals surface area contributed by atoms with Crippen molar-refractivity contribution in [3.8, 4) is 0 Å². The van der Waals surface area contributed by atoms with Gasteiger partial charge >= 0.3 is 0 Å². The van der Waals surface area contributed by atoms with E-state index in [0.29, 0.717) is 6.54 Å². The zero-order chi connectivity index (χ0) is 16.9. The van der Waals surface area contributed by atoms with Crippen LogP contribution in [0.5, 0.6) is 0 Å². The Morgan fingerprint density at radius 1 is 1.08 bits per heavy atom. The van der Waals surface area contributed by atoms with Crippen LogP contribution in [0, 0.1) is 0 Å². The van der Waals surface area contributed by atoms with Crippen molar-refractivity contribution in [2.24, 2.45) is 4.99 Å². The summed E-state index contributed by atoms with van der Waals surface area (Å²) >= 11 is 0. The Balaban J connectivity index is 0.00000225. The largest absolute Gasteiger partial charge is 0.349 e. The minimum atomic E-state index is 0. The number of carbonyl (C=O) groups is 1. The smallest absolute Gasteiger partial charge is 0.219 e. The third kappa shape index (κ3) is 4.83. The Labute approximate surface area is 166 Å². The fourth-order valence-electron chi connectivity index (χ4n) is 3.40. The Kier molecular flexibility index (Phi) is 7.45. The molecular weight excluding hydrogens is 433 g/mol. The molecule has 0 spiro atoms. The molecule has 0 radical (unpaired) electrons. The van der Waals surface area contributed by atoms with Crippen LogP contribution < -0.4 is 5.32 Å². The van der Waals surface area contributed by atoms with Crippen LogP contribution in [0.2, 0.25) is 0 Å². The molecule has 2 aliphatic rings. The fourth-order valence-corrected chi connectivity index (χ4v) is 3.40. The lowest BCUT2D eigenvalue weighted by Crippen LogP contribution is -2.53. The quantitative estimate of drug-likeness (QED) is 0.402. The SMILES string of the molecule is CN=C(NCc1nnc2n1CCCCC2)N1CCN(C(C)=O)CC1.I. The topological polar surface area (TPSA) is 78.7 Å². The lowest BCUT2D eigenvalue weighted by molar-refractivity contribution is -0.130. The van der Waals surface area contributed by atoms with Crippen LogP contribution in [0.25, 0.3) is 0 Å². The Hall–Kier alpha value is -1.39. The maximum Gasteiger partial charge on any atom is 0.219 e. The van der Waals surface area contributed by atoms with Crippen molar-refractivity contribution < 1.29 is 4.79 Å². The highest BCUT2D eigenvalue weighted by atomic mass is 127. The van der Waals surface area contributed by atoms with Gasteiger partial charge in [0.15, 0.2) is 11.8 Å². The van der Waals surface area contributed by atoms with E-state index in [2.05, 4.69) is 30.0 Å². The van der Waals surface area contributed by atoms with E-state index in [4.69, 9.17) is 0 Å². The highest BCUT2D eigenvalue weighted by molar-refractivity contribution is 14.0. The zero-order valence-corrected chi connectivity index (χ0v) is 17.4. The number of aliphatic imine (C=N–C) groups is 1. The summed E-state index contributed by atoms with van der Waals surface area (Å²) in [4.78, 5) is 19.9. The molecule has 3 rings (SSSR count). The summed E-state index contributed by atoms with van der Waals surface area (Å²) in [5.74, 6) is 3.10. The molecule has 1 aromatic rings. The molecule has 1 N–H and O–H groups in total. The first-order chi connectivity index (χ1) is 11.7. The first kappa shape index (κ1) is 19.9. The summed E-state index contributed by atoms with van der Waals surface area (Å²) in [6.07, 6.45) is 4.68. The van der Waals surface area contributed by atoms with Gasteiger partial charge in [-0.1, -0.05) is 6.42 Å². The molecule has 1 amide bonds. The van der Waals surface area contributed by atoms with E-state index >= 15 is 0 Å². The van der Waals surface area contributed by atoms with Gasteiger partial charge in [-0.3, -0.25) is 9.79 Å². The van der Waals surface area contributed by atoms with E-state index in [9.17, 15) is 4.79 Å². The minimum Gasteiger partial charge on any atom is -0.349 e. The predicted octanol–water partition coefficient (Wildman–Crippen LogP) is 0.862. The van der Waals surface area contributed by atoms with E-state index in [1.54, 1.807) is 14.0 Å². The number of amides is 1. The Morgan fingerprint density at radius 2 is 1.80 bits per heavy atom. The zero-order valence-electron chi connectivity index (χ0n) is 15.1. The number of fused-ring (bicyclic) bond motifs is 1. The Bertz CT molecular complexity index is 608. The number of aromatic nitrogens is 3. The molecule has 3 heterocycles. The van der Waals surface area contributed by atoms with Gasteiger partial charge in [0.25, 0.3) is 0 Å². The van der Waals surface area contributed by atoms with Crippen molar-refractivity contribution in [1.29, 1.82) is 0 Å². The molecule has 0 aliphatic carbocycles. The molecular formula is C16H28IN7O. The van der Waals surface area contributed by atoms with Gasteiger partial charge in [0.05, 0.1) is 6.54 Å². The third-order valence-electron chi connectivity index (χ3n) is 4.83. The maximum atomic E-state index is 11.4. The van der Waals surface area contributed by atoms with Gasteiger partial charge in [-0.05, 0) is 12.8 Å². The molecule has 0 atom stereocenters. The molecule has 9 heteroatoms. The third-order valence-corrected chi connectivity index (χ3v) is 4.83. The number of rotatable bonds is 2. The van der Waals surface area contributed by atoms with Gasteiger partial charge in [0.2, 0.25) is 5.91 Å². The van der Waals surface area contributed by atoms with Gasteiger partial charge in [-0.15, -0.1) is 34.2 Å². The fraction of sp³-hybridized carbons (Fsp3) is 0.750. The second kappa shape index (κ2) is 9.35. The van der Waals surface area contributed by atoms with Crippen molar-refractivity contribution >= 4 is 35.8 Å². The Morgan fingerprint density at radius 3 is 2.48 bits per heavy atom. The molecule has 8 nitrogen and oxygen atoms in total. The predicted molar refractivity (Wildman–Crippen MR) is 107 cm³/mol. The number of hydrogen-bond acceptors (Lipinski definition) is 4. The van der Waals surface area contributed by atoms with Crippen LogP contribution in [0.15, 0.2) is 4.99 Å². The van der Waals surface area contributed by atoms with Gasteiger partial charge in [0.1, 0.15) is 5.82 Å². The van der Waals surface area contributed by atoms with Crippen LogP contribution in [0.4, 0.5) is 0 Å².